The van der Waals surface area contributed by atoms with Crippen LogP contribution in [0.15, 0.2) is 18.2 Å². The second kappa shape index (κ2) is 5.79. The van der Waals surface area contributed by atoms with Gasteiger partial charge in [0.25, 0.3) is 0 Å². The fourth-order valence-corrected chi connectivity index (χ4v) is 0.944. The Bertz CT molecular complexity index is 394. The number of hydroxylamine groups is 1. The predicted octanol–water partition coefficient (Wildman–Crippen LogP) is -0.714. The molecule has 0 aliphatic rings. The maximum Gasteiger partial charge on any atom is 0.354 e. The van der Waals surface area contributed by atoms with E-state index in [2.05, 4.69) is 15.3 Å². The van der Waals surface area contributed by atoms with Crippen LogP contribution in [0, 0.1) is 0 Å². The first-order valence-corrected chi connectivity index (χ1v) is 4.42. The van der Waals surface area contributed by atoms with Gasteiger partial charge in [0.2, 0.25) is 5.91 Å². The van der Waals surface area contributed by atoms with Gasteiger partial charge in [-0.3, -0.25) is 9.63 Å². The van der Waals surface area contributed by atoms with E-state index in [4.69, 9.17) is 10.8 Å². The average molecular weight is 225 g/mol. The minimum absolute atomic E-state index is 0.0470. The van der Waals surface area contributed by atoms with Crippen LogP contribution in [0.2, 0.25) is 0 Å². The minimum atomic E-state index is -1.10. The normalized spacial score (nSPS) is 10.0. The van der Waals surface area contributed by atoms with Crippen molar-refractivity contribution >= 4 is 11.9 Å². The zero-order valence-corrected chi connectivity index (χ0v) is 8.34. The molecule has 86 valence electrons. The Kier molecular flexibility index (Phi) is 4.37. The van der Waals surface area contributed by atoms with Crippen LogP contribution in [0.3, 0.4) is 0 Å². The summed E-state index contributed by atoms with van der Waals surface area (Å²) in [6, 6.07) is 4.59. The van der Waals surface area contributed by atoms with Crippen LogP contribution in [0.25, 0.3) is 0 Å². The number of carbonyl (C=O) groups is 2. The summed E-state index contributed by atoms with van der Waals surface area (Å²) in [6.45, 7) is -0.0625. The van der Waals surface area contributed by atoms with Gasteiger partial charge in [-0.05, 0) is 12.1 Å². The molecule has 0 spiro atoms. The third-order valence-electron chi connectivity index (χ3n) is 1.60. The van der Waals surface area contributed by atoms with Gasteiger partial charge in [-0.1, -0.05) is 6.07 Å². The number of carbonyl (C=O) groups excluding carboxylic acids is 1. The lowest BCUT2D eigenvalue weighted by molar-refractivity contribution is -0.125. The fraction of sp³-hybridized carbons (Fsp3) is 0.222. The number of nitrogens with one attached hydrogen (secondary N) is 1. The van der Waals surface area contributed by atoms with Crippen molar-refractivity contribution in [2.24, 2.45) is 5.73 Å². The molecule has 0 saturated carbocycles. The topological polar surface area (TPSA) is 115 Å². The quantitative estimate of drug-likeness (QED) is 0.435. The van der Waals surface area contributed by atoms with Crippen molar-refractivity contribution in [3.63, 3.8) is 0 Å². The van der Waals surface area contributed by atoms with E-state index in [0.29, 0.717) is 5.69 Å². The van der Waals surface area contributed by atoms with Crippen LogP contribution in [0.4, 0.5) is 0 Å². The number of hydrogen-bond acceptors (Lipinski definition) is 5. The van der Waals surface area contributed by atoms with Gasteiger partial charge in [0.05, 0.1) is 12.2 Å². The highest BCUT2D eigenvalue weighted by atomic mass is 16.6. The Morgan fingerprint density at radius 2 is 2.25 bits per heavy atom. The number of amides is 1. The number of carboxylic acid groups (broad SMARTS) is 1. The summed E-state index contributed by atoms with van der Waals surface area (Å²) in [5.74, 6) is -1.69. The van der Waals surface area contributed by atoms with Gasteiger partial charge < -0.3 is 10.8 Å². The largest absolute Gasteiger partial charge is 0.477 e. The van der Waals surface area contributed by atoms with Crippen LogP contribution < -0.4 is 11.2 Å². The number of aromatic carboxylic acids is 1. The second-order valence-electron chi connectivity index (χ2n) is 2.90. The number of hydrogen-bond donors (Lipinski definition) is 3. The molecule has 0 aromatic carbocycles. The minimum Gasteiger partial charge on any atom is -0.477 e. The van der Waals surface area contributed by atoms with E-state index in [9.17, 15) is 9.59 Å². The molecule has 0 radical (unpaired) electrons. The fourth-order valence-electron chi connectivity index (χ4n) is 0.944. The lowest BCUT2D eigenvalue weighted by Crippen LogP contribution is -2.24. The maximum atomic E-state index is 10.6. The SMILES string of the molecule is NC(=O)CONCc1cccc(C(=O)O)n1. The highest BCUT2D eigenvalue weighted by molar-refractivity contribution is 5.85. The van der Waals surface area contributed by atoms with Crippen LogP contribution in [0.1, 0.15) is 16.2 Å². The first-order valence-electron chi connectivity index (χ1n) is 4.42. The van der Waals surface area contributed by atoms with Crippen molar-refractivity contribution in [2.45, 2.75) is 6.54 Å². The lowest BCUT2D eigenvalue weighted by atomic mass is 10.3. The molecule has 1 amide bonds. The maximum absolute atomic E-state index is 10.6. The molecule has 0 bridgehead atoms. The summed E-state index contributed by atoms with van der Waals surface area (Å²) in [5, 5.41) is 8.68. The summed E-state index contributed by atoms with van der Waals surface area (Å²) in [4.78, 5) is 29.4. The molecule has 0 fully saturated rings. The third kappa shape index (κ3) is 4.03. The van der Waals surface area contributed by atoms with Gasteiger partial charge in [0.1, 0.15) is 12.3 Å². The molecule has 7 nitrogen and oxygen atoms in total. The van der Waals surface area contributed by atoms with E-state index in [-0.39, 0.29) is 18.8 Å². The number of nitrogens with two attached hydrogens (primary N) is 1. The van der Waals surface area contributed by atoms with Crippen molar-refractivity contribution in [3.8, 4) is 0 Å². The molecule has 4 N–H and O–H groups in total. The molecule has 1 rings (SSSR count). The van der Waals surface area contributed by atoms with Gasteiger partial charge in [0, 0.05) is 0 Å². The molecule has 1 heterocycles. The molecule has 0 atom stereocenters. The average Bonchev–Trinajstić information content (AvgIpc) is 2.24. The molecule has 16 heavy (non-hydrogen) atoms. The number of carboxylic acids is 1. The Hall–Kier alpha value is -1.99. The van der Waals surface area contributed by atoms with E-state index < -0.39 is 11.9 Å². The van der Waals surface area contributed by atoms with Crippen molar-refractivity contribution in [2.75, 3.05) is 6.61 Å². The summed E-state index contributed by atoms with van der Waals surface area (Å²) >= 11 is 0. The van der Waals surface area contributed by atoms with Crippen LogP contribution >= 0.6 is 0 Å². The molecule has 7 heteroatoms. The van der Waals surface area contributed by atoms with Gasteiger partial charge in [-0.2, -0.15) is 5.48 Å². The molecule has 1 aromatic rings. The molecule has 0 aliphatic heterocycles. The number of rotatable bonds is 6. The summed E-state index contributed by atoms with van der Waals surface area (Å²) in [6.07, 6.45) is 0. The zero-order chi connectivity index (χ0) is 12.0. The third-order valence-corrected chi connectivity index (χ3v) is 1.60. The van der Waals surface area contributed by atoms with Crippen molar-refractivity contribution in [1.29, 1.82) is 0 Å². The van der Waals surface area contributed by atoms with Gasteiger partial charge in [0.15, 0.2) is 0 Å². The van der Waals surface area contributed by atoms with Gasteiger partial charge in [-0.25, -0.2) is 9.78 Å². The summed E-state index contributed by atoms with van der Waals surface area (Å²) in [5.41, 5.74) is 7.72. The van der Waals surface area contributed by atoms with E-state index >= 15 is 0 Å². The Morgan fingerprint density at radius 1 is 1.50 bits per heavy atom. The Balaban J connectivity index is 2.45. The Labute approximate surface area is 91.2 Å². The first-order chi connectivity index (χ1) is 7.59. The molecular weight excluding hydrogens is 214 g/mol. The predicted molar refractivity (Wildman–Crippen MR) is 53.2 cm³/mol. The van der Waals surface area contributed by atoms with Crippen LogP contribution in [0.5, 0.6) is 0 Å². The van der Waals surface area contributed by atoms with E-state index in [0.717, 1.165) is 0 Å². The smallest absolute Gasteiger partial charge is 0.354 e. The van der Waals surface area contributed by atoms with Crippen molar-refractivity contribution in [3.05, 3.63) is 29.6 Å². The van der Waals surface area contributed by atoms with Crippen molar-refractivity contribution < 1.29 is 19.5 Å². The van der Waals surface area contributed by atoms with Gasteiger partial charge in [-0.15, -0.1) is 0 Å². The number of primary amides is 1. The number of nitrogens with zero attached hydrogens (tertiary/aromatic N) is 1. The van der Waals surface area contributed by atoms with Gasteiger partial charge >= 0.3 is 5.97 Å². The molecule has 0 saturated heterocycles. The van der Waals surface area contributed by atoms with E-state index in [1.54, 1.807) is 12.1 Å². The monoisotopic (exact) mass is 225 g/mol. The highest BCUT2D eigenvalue weighted by Crippen LogP contribution is 1.99. The van der Waals surface area contributed by atoms with E-state index in [1.165, 1.54) is 6.07 Å². The van der Waals surface area contributed by atoms with Crippen molar-refractivity contribution in [1.82, 2.24) is 10.5 Å². The number of pyridine rings is 1. The number of aromatic nitrogens is 1. The standard InChI is InChI=1S/C9H11N3O4/c10-8(13)5-16-11-4-6-2-1-3-7(12-6)9(14)15/h1-3,11H,4-5H2,(H2,10,13)(H,14,15). The molecule has 0 aliphatic carbocycles. The molecule has 1 aromatic heterocycles. The summed E-state index contributed by atoms with van der Waals surface area (Å²) in [7, 11) is 0. The second-order valence-corrected chi connectivity index (χ2v) is 2.90. The zero-order valence-electron chi connectivity index (χ0n) is 8.34. The van der Waals surface area contributed by atoms with E-state index in [1.807, 2.05) is 0 Å². The Morgan fingerprint density at radius 3 is 2.88 bits per heavy atom. The lowest BCUT2D eigenvalue weighted by Gasteiger charge is -2.04. The molecular formula is C9H11N3O4. The first kappa shape index (κ1) is 12.1. The summed E-state index contributed by atoms with van der Waals surface area (Å²) < 4.78 is 0. The van der Waals surface area contributed by atoms with Crippen LogP contribution in [-0.2, 0) is 16.2 Å². The molecule has 0 unspecified atom stereocenters. The van der Waals surface area contributed by atoms with Crippen LogP contribution in [-0.4, -0.2) is 28.6 Å². The highest BCUT2D eigenvalue weighted by Gasteiger charge is 2.04.